The minimum absolute atomic E-state index is 1.03. The molecular formula is C18H16S. The zero-order chi connectivity index (χ0) is 13.1. The fourth-order valence-electron chi connectivity index (χ4n) is 2.27. The van der Waals surface area contributed by atoms with Crippen molar-refractivity contribution in [3.8, 4) is 11.1 Å². The number of aryl methyl sites for hydroxylation is 1. The maximum atomic E-state index is 2.30. The first-order valence-corrected chi connectivity index (χ1v) is 7.32. The molecule has 94 valence electrons. The molecule has 0 saturated carbocycles. The van der Waals surface area contributed by atoms with E-state index in [1.54, 1.807) is 0 Å². The molecule has 0 aliphatic rings. The second kappa shape index (κ2) is 5.41. The molecule has 0 aliphatic carbocycles. The maximum Gasteiger partial charge on any atom is 0.00918 e. The average Bonchev–Trinajstić information content (AvgIpc) is 2.85. The Labute approximate surface area is 118 Å². The van der Waals surface area contributed by atoms with Crippen molar-refractivity contribution in [1.82, 2.24) is 0 Å². The van der Waals surface area contributed by atoms with E-state index in [0.29, 0.717) is 0 Å². The highest BCUT2D eigenvalue weighted by atomic mass is 32.1. The summed E-state index contributed by atoms with van der Waals surface area (Å²) in [5.74, 6) is 0. The van der Waals surface area contributed by atoms with Gasteiger partial charge in [0.05, 0.1) is 0 Å². The number of hydrogen-bond donors (Lipinski definition) is 0. The highest BCUT2D eigenvalue weighted by Gasteiger charge is 2.02. The van der Waals surface area contributed by atoms with E-state index in [4.69, 9.17) is 0 Å². The van der Waals surface area contributed by atoms with Crippen LogP contribution in [0.1, 0.15) is 15.3 Å². The van der Waals surface area contributed by atoms with Gasteiger partial charge in [0, 0.05) is 16.2 Å². The minimum Gasteiger partial charge on any atom is -0.145 e. The van der Waals surface area contributed by atoms with Crippen LogP contribution < -0.4 is 0 Å². The first-order chi connectivity index (χ1) is 9.31. The standard InChI is InChI=1S/C18H16S/c1-14-10-11-18(19-14)13-15-6-5-9-17(12-15)16-7-3-2-4-8-16/h2-12H,13H2,1H3. The van der Waals surface area contributed by atoms with Crippen molar-refractivity contribution in [2.24, 2.45) is 0 Å². The molecule has 2 aromatic carbocycles. The first-order valence-electron chi connectivity index (χ1n) is 6.51. The van der Waals surface area contributed by atoms with E-state index in [9.17, 15) is 0 Å². The summed E-state index contributed by atoms with van der Waals surface area (Å²) in [4.78, 5) is 2.82. The Balaban J connectivity index is 1.88. The maximum absolute atomic E-state index is 2.30. The van der Waals surface area contributed by atoms with Crippen molar-refractivity contribution in [2.45, 2.75) is 13.3 Å². The highest BCUT2D eigenvalue weighted by molar-refractivity contribution is 7.11. The van der Waals surface area contributed by atoms with E-state index in [2.05, 4.69) is 73.7 Å². The summed E-state index contributed by atoms with van der Waals surface area (Å²) in [6, 6.07) is 23.8. The second-order valence-corrected chi connectivity index (χ2v) is 6.13. The number of thiophene rings is 1. The molecule has 1 heterocycles. The molecule has 0 aliphatic heterocycles. The third kappa shape index (κ3) is 2.94. The molecule has 1 aromatic heterocycles. The first kappa shape index (κ1) is 12.2. The summed E-state index contributed by atoms with van der Waals surface area (Å²) in [5, 5.41) is 0. The van der Waals surface area contributed by atoms with Gasteiger partial charge >= 0.3 is 0 Å². The van der Waals surface area contributed by atoms with E-state index >= 15 is 0 Å². The van der Waals surface area contributed by atoms with Crippen molar-refractivity contribution in [1.29, 1.82) is 0 Å². The van der Waals surface area contributed by atoms with Gasteiger partial charge in [-0.2, -0.15) is 0 Å². The van der Waals surface area contributed by atoms with E-state index in [-0.39, 0.29) is 0 Å². The molecule has 0 unspecified atom stereocenters. The summed E-state index contributed by atoms with van der Waals surface area (Å²) in [5.41, 5.74) is 3.96. The SMILES string of the molecule is Cc1ccc(Cc2cccc(-c3ccccc3)c2)s1. The Kier molecular flexibility index (Phi) is 3.47. The summed E-state index contributed by atoms with van der Waals surface area (Å²) in [7, 11) is 0. The van der Waals surface area contributed by atoms with Crippen LogP contribution in [0.3, 0.4) is 0 Å². The van der Waals surface area contributed by atoms with Crippen molar-refractivity contribution in [3.05, 3.63) is 82.0 Å². The van der Waals surface area contributed by atoms with Crippen molar-refractivity contribution in [3.63, 3.8) is 0 Å². The predicted octanol–water partition coefficient (Wildman–Crippen LogP) is 5.31. The van der Waals surface area contributed by atoms with Gasteiger partial charge in [-0.25, -0.2) is 0 Å². The van der Waals surface area contributed by atoms with E-state index in [0.717, 1.165) is 6.42 Å². The number of benzene rings is 2. The fraction of sp³-hybridized carbons (Fsp3) is 0.111. The van der Waals surface area contributed by atoms with Gasteiger partial charge in [-0.3, -0.25) is 0 Å². The molecule has 19 heavy (non-hydrogen) atoms. The van der Waals surface area contributed by atoms with Gasteiger partial charge in [0.2, 0.25) is 0 Å². The zero-order valence-corrected chi connectivity index (χ0v) is 11.8. The lowest BCUT2D eigenvalue weighted by Crippen LogP contribution is -1.85. The predicted molar refractivity (Wildman–Crippen MR) is 83.7 cm³/mol. The Bertz CT molecular complexity index is 665. The lowest BCUT2D eigenvalue weighted by atomic mass is 10.0. The molecule has 0 bridgehead atoms. The second-order valence-electron chi connectivity index (χ2n) is 4.76. The molecule has 0 spiro atoms. The van der Waals surface area contributed by atoms with Crippen LogP contribution in [-0.2, 0) is 6.42 Å². The van der Waals surface area contributed by atoms with Gasteiger partial charge < -0.3 is 0 Å². The molecule has 3 aromatic rings. The summed E-state index contributed by atoms with van der Waals surface area (Å²) in [6.07, 6.45) is 1.03. The fourth-order valence-corrected chi connectivity index (χ4v) is 3.20. The molecule has 0 amide bonds. The van der Waals surface area contributed by atoms with Gasteiger partial charge in [-0.1, -0.05) is 54.6 Å². The van der Waals surface area contributed by atoms with Crippen LogP contribution in [0.25, 0.3) is 11.1 Å². The molecule has 3 rings (SSSR count). The topological polar surface area (TPSA) is 0 Å². The van der Waals surface area contributed by atoms with Crippen LogP contribution in [0, 0.1) is 6.92 Å². The van der Waals surface area contributed by atoms with E-state index < -0.39 is 0 Å². The Morgan fingerprint density at radius 3 is 2.32 bits per heavy atom. The molecule has 0 atom stereocenters. The zero-order valence-electron chi connectivity index (χ0n) is 11.0. The van der Waals surface area contributed by atoms with Gasteiger partial charge in [0.25, 0.3) is 0 Å². The summed E-state index contributed by atoms with van der Waals surface area (Å²) >= 11 is 1.88. The van der Waals surface area contributed by atoms with Crippen molar-refractivity contribution >= 4 is 11.3 Å². The van der Waals surface area contributed by atoms with E-state index in [1.165, 1.54) is 26.4 Å². The third-order valence-corrected chi connectivity index (χ3v) is 4.21. The van der Waals surface area contributed by atoms with Crippen LogP contribution in [0.5, 0.6) is 0 Å². The largest absolute Gasteiger partial charge is 0.145 e. The lowest BCUT2D eigenvalue weighted by molar-refractivity contribution is 1.24. The normalized spacial score (nSPS) is 10.6. The van der Waals surface area contributed by atoms with Gasteiger partial charge in [0.15, 0.2) is 0 Å². The Hall–Kier alpha value is -1.86. The van der Waals surface area contributed by atoms with Crippen molar-refractivity contribution in [2.75, 3.05) is 0 Å². The van der Waals surface area contributed by atoms with Gasteiger partial charge in [0.1, 0.15) is 0 Å². The van der Waals surface area contributed by atoms with Crippen LogP contribution in [0.15, 0.2) is 66.7 Å². The molecule has 0 fully saturated rings. The van der Waals surface area contributed by atoms with Crippen molar-refractivity contribution < 1.29 is 0 Å². The Morgan fingerprint density at radius 1 is 0.789 bits per heavy atom. The molecule has 0 nitrogen and oxygen atoms in total. The van der Waals surface area contributed by atoms with Crippen LogP contribution in [0.4, 0.5) is 0 Å². The number of hydrogen-bond acceptors (Lipinski definition) is 1. The monoisotopic (exact) mass is 264 g/mol. The molecular weight excluding hydrogens is 248 g/mol. The van der Waals surface area contributed by atoms with Crippen LogP contribution >= 0.6 is 11.3 Å². The smallest absolute Gasteiger partial charge is 0.00918 e. The molecule has 0 N–H and O–H groups in total. The molecule has 0 radical (unpaired) electrons. The van der Waals surface area contributed by atoms with E-state index in [1.807, 2.05) is 11.3 Å². The van der Waals surface area contributed by atoms with Crippen LogP contribution in [0.2, 0.25) is 0 Å². The average molecular weight is 264 g/mol. The summed E-state index contributed by atoms with van der Waals surface area (Å²) < 4.78 is 0. The molecule has 0 saturated heterocycles. The Morgan fingerprint density at radius 2 is 1.58 bits per heavy atom. The van der Waals surface area contributed by atoms with Gasteiger partial charge in [-0.05, 0) is 35.7 Å². The third-order valence-electron chi connectivity index (χ3n) is 3.21. The quantitative estimate of drug-likeness (QED) is 0.601. The molecule has 1 heteroatoms. The number of rotatable bonds is 3. The van der Waals surface area contributed by atoms with Gasteiger partial charge in [-0.15, -0.1) is 11.3 Å². The minimum atomic E-state index is 1.03. The highest BCUT2D eigenvalue weighted by Crippen LogP contribution is 2.23. The van der Waals surface area contributed by atoms with Crippen LogP contribution in [-0.4, -0.2) is 0 Å². The summed E-state index contributed by atoms with van der Waals surface area (Å²) in [6.45, 7) is 2.16. The lowest BCUT2D eigenvalue weighted by Gasteiger charge is -2.04.